The van der Waals surface area contributed by atoms with Crippen molar-refractivity contribution in [2.45, 2.75) is 45.4 Å². The number of carbonyl (C=O) groups is 1. The maximum Gasteiger partial charge on any atom is 0.220 e. The Kier molecular flexibility index (Phi) is 6.52. The highest BCUT2D eigenvalue weighted by Crippen LogP contribution is 2.36. The number of aliphatic hydroxyl groups is 1. The van der Waals surface area contributed by atoms with E-state index in [1.165, 1.54) is 12.8 Å². The first kappa shape index (κ1) is 14.5. The van der Waals surface area contributed by atoms with Gasteiger partial charge in [-0.2, -0.15) is 0 Å². The fourth-order valence-electron chi connectivity index (χ4n) is 2.37. The largest absolute Gasteiger partial charge is 0.396 e. The van der Waals surface area contributed by atoms with Gasteiger partial charge in [-0.3, -0.25) is 4.79 Å². The Hall–Kier alpha value is -0.610. The predicted octanol–water partition coefficient (Wildman–Crippen LogP) is 1.47. The summed E-state index contributed by atoms with van der Waals surface area (Å²) in [6.07, 6.45) is 5.68. The molecule has 1 rings (SSSR count). The van der Waals surface area contributed by atoms with Crippen LogP contribution in [0.1, 0.15) is 45.4 Å². The molecule has 17 heavy (non-hydrogen) atoms. The summed E-state index contributed by atoms with van der Waals surface area (Å²) in [7, 11) is 0. The monoisotopic (exact) mass is 243 g/mol. The van der Waals surface area contributed by atoms with E-state index in [9.17, 15) is 9.90 Å². The third kappa shape index (κ3) is 5.04. The molecule has 4 heteroatoms. The van der Waals surface area contributed by atoms with Gasteiger partial charge in [0, 0.05) is 31.6 Å². The van der Waals surface area contributed by atoms with Crippen LogP contribution in [0.4, 0.5) is 0 Å². The highest BCUT2D eigenvalue weighted by Gasteiger charge is 2.33. The van der Waals surface area contributed by atoms with Crippen molar-refractivity contribution >= 4 is 5.91 Å². The first-order valence-corrected chi connectivity index (χ1v) is 6.68. The number of nitrogens with one attached hydrogen (secondary N) is 1. The molecule has 1 aliphatic carbocycles. The summed E-state index contributed by atoms with van der Waals surface area (Å²) >= 11 is 0. The normalized spacial score (nSPS) is 18.2. The molecule has 0 aromatic rings. The number of hydrogen-bond acceptors (Lipinski definition) is 3. The molecule has 0 spiro atoms. The second-order valence-corrected chi connectivity index (χ2v) is 4.94. The fourth-order valence-corrected chi connectivity index (χ4v) is 2.37. The van der Waals surface area contributed by atoms with Crippen LogP contribution in [0, 0.1) is 5.41 Å². The van der Waals surface area contributed by atoms with Gasteiger partial charge < -0.3 is 15.2 Å². The third-order valence-corrected chi connectivity index (χ3v) is 3.56. The van der Waals surface area contributed by atoms with E-state index in [1.807, 2.05) is 6.92 Å². The van der Waals surface area contributed by atoms with Crippen molar-refractivity contribution in [1.29, 1.82) is 0 Å². The average Bonchev–Trinajstić information content (AvgIpc) is 2.82. The minimum atomic E-state index is -0.0461. The van der Waals surface area contributed by atoms with Crippen molar-refractivity contribution in [2.75, 3.05) is 26.4 Å². The van der Waals surface area contributed by atoms with Crippen LogP contribution in [0.25, 0.3) is 0 Å². The van der Waals surface area contributed by atoms with Crippen molar-refractivity contribution in [3.05, 3.63) is 0 Å². The Balaban J connectivity index is 2.14. The van der Waals surface area contributed by atoms with E-state index < -0.39 is 0 Å². The summed E-state index contributed by atoms with van der Waals surface area (Å²) < 4.78 is 5.18. The molecule has 2 N–H and O–H groups in total. The molecule has 1 fully saturated rings. The molecule has 1 amide bonds. The predicted molar refractivity (Wildman–Crippen MR) is 66.7 cm³/mol. The smallest absolute Gasteiger partial charge is 0.220 e. The molecule has 0 bridgehead atoms. The fraction of sp³-hybridized carbons (Fsp3) is 0.923. The Bertz CT molecular complexity index is 225. The van der Waals surface area contributed by atoms with Gasteiger partial charge in [0.15, 0.2) is 0 Å². The second kappa shape index (κ2) is 7.67. The average molecular weight is 243 g/mol. The molecule has 1 aliphatic rings. The van der Waals surface area contributed by atoms with Crippen LogP contribution >= 0.6 is 0 Å². The molecule has 0 saturated heterocycles. The van der Waals surface area contributed by atoms with Gasteiger partial charge in [-0.1, -0.05) is 12.8 Å². The van der Waals surface area contributed by atoms with Gasteiger partial charge in [0.05, 0.1) is 6.61 Å². The highest BCUT2D eigenvalue weighted by atomic mass is 16.5. The minimum Gasteiger partial charge on any atom is -0.396 e. The van der Waals surface area contributed by atoms with Crippen molar-refractivity contribution in [3.63, 3.8) is 0 Å². The zero-order valence-electron chi connectivity index (χ0n) is 10.8. The maximum absolute atomic E-state index is 11.6. The molecule has 100 valence electrons. The molecule has 4 nitrogen and oxygen atoms in total. The Labute approximate surface area is 104 Å². The molecule has 1 saturated carbocycles. The van der Waals surface area contributed by atoms with Crippen molar-refractivity contribution in [3.8, 4) is 0 Å². The second-order valence-electron chi connectivity index (χ2n) is 4.94. The maximum atomic E-state index is 11.6. The van der Waals surface area contributed by atoms with E-state index in [-0.39, 0.29) is 17.9 Å². The lowest BCUT2D eigenvalue weighted by Gasteiger charge is -2.26. The topological polar surface area (TPSA) is 58.6 Å². The number of hydrogen-bond donors (Lipinski definition) is 2. The van der Waals surface area contributed by atoms with Crippen LogP contribution in [0.15, 0.2) is 0 Å². The molecular formula is C13H25NO3. The lowest BCUT2D eigenvalue weighted by atomic mass is 9.87. The van der Waals surface area contributed by atoms with E-state index in [4.69, 9.17) is 4.74 Å². The van der Waals surface area contributed by atoms with E-state index in [0.717, 1.165) is 19.3 Å². The number of carbonyl (C=O) groups excluding carboxylic acids is 1. The summed E-state index contributed by atoms with van der Waals surface area (Å²) in [5.74, 6) is 0.0735. The molecule has 0 heterocycles. The molecule has 0 aromatic carbocycles. The number of rotatable bonds is 8. The number of ether oxygens (including phenoxy) is 1. The highest BCUT2D eigenvalue weighted by molar-refractivity contribution is 5.75. The van der Waals surface area contributed by atoms with E-state index in [0.29, 0.717) is 26.2 Å². The minimum absolute atomic E-state index is 0.0461. The van der Waals surface area contributed by atoms with E-state index in [1.54, 1.807) is 0 Å². The van der Waals surface area contributed by atoms with Crippen molar-refractivity contribution in [1.82, 2.24) is 5.32 Å². The molecule has 0 aromatic heterocycles. The molecule has 0 radical (unpaired) electrons. The first-order chi connectivity index (χ1) is 8.22. The summed E-state index contributed by atoms with van der Waals surface area (Å²) in [6, 6.07) is 0. The third-order valence-electron chi connectivity index (χ3n) is 3.56. The van der Waals surface area contributed by atoms with E-state index in [2.05, 4.69) is 5.32 Å². The van der Waals surface area contributed by atoms with Crippen LogP contribution in [0.5, 0.6) is 0 Å². The lowest BCUT2D eigenvalue weighted by Crippen LogP contribution is -2.38. The molecule has 0 aliphatic heterocycles. The van der Waals surface area contributed by atoms with Gasteiger partial charge >= 0.3 is 0 Å². The Morgan fingerprint density at radius 2 is 2.12 bits per heavy atom. The van der Waals surface area contributed by atoms with Gasteiger partial charge in [-0.05, 0) is 26.2 Å². The van der Waals surface area contributed by atoms with Gasteiger partial charge in [-0.15, -0.1) is 0 Å². The number of aliphatic hydroxyl groups excluding tert-OH is 1. The lowest BCUT2D eigenvalue weighted by molar-refractivity contribution is -0.122. The van der Waals surface area contributed by atoms with E-state index >= 15 is 0 Å². The van der Waals surface area contributed by atoms with Gasteiger partial charge in [0.1, 0.15) is 0 Å². The molecule has 0 unspecified atom stereocenters. The number of amides is 1. The molecule has 0 atom stereocenters. The summed E-state index contributed by atoms with van der Waals surface area (Å²) in [5, 5.41) is 12.3. The molecular weight excluding hydrogens is 218 g/mol. The van der Waals surface area contributed by atoms with Crippen LogP contribution in [-0.4, -0.2) is 37.4 Å². The standard InChI is InChI=1S/C13H25NO3/c1-2-17-9-5-6-12(16)14-10-13(11-15)7-3-4-8-13/h15H,2-11H2,1H3,(H,14,16). The van der Waals surface area contributed by atoms with Crippen molar-refractivity contribution < 1.29 is 14.6 Å². The van der Waals surface area contributed by atoms with Crippen molar-refractivity contribution in [2.24, 2.45) is 5.41 Å². The Morgan fingerprint density at radius 1 is 1.41 bits per heavy atom. The van der Waals surface area contributed by atoms with Gasteiger partial charge in [0.2, 0.25) is 5.91 Å². The van der Waals surface area contributed by atoms with Crippen LogP contribution in [0.3, 0.4) is 0 Å². The summed E-state index contributed by atoms with van der Waals surface area (Å²) in [5.41, 5.74) is -0.0461. The summed E-state index contributed by atoms with van der Waals surface area (Å²) in [6.45, 7) is 4.11. The van der Waals surface area contributed by atoms with Gasteiger partial charge in [-0.25, -0.2) is 0 Å². The first-order valence-electron chi connectivity index (χ1n) is 6.68. The zero-order valence-corrected chi connectivity index (χ0v) is 10.8. The van der Waals surface area contributed by atoms with Gasteiger partial charge in [0.25, 0.3) is 0 Å². The zero-order chi connectivity index (χ0) is 12.6. The quantitative estimate of drug-likeness (QED) is 0.635. The van der Waals surface area contributed by atoms with Crippen LogP contribution in [0.2, 0.25) is 0 Å². The van der Waals surface area contributed by atoms with Crippen LogP contribution in [-0.2, 0) is 9.53 Å². The van der Waals surface area contributed by atoms with Crippen LogP contribution < -0.4 is 5.32 Å². The Morgan fingerprint density at radius 3 is 2.71 bits per heavy atom. The SMILES string of the molecule is CCOCCCC(=O)NCC1(CO)CCCC1. The summed E-state index contributed by atoms with van der Waals surface area (Å²) in [4.78, 5) is 11.6.